The maximum Gasteiger partial charge on any atom is 0.269 e. The molecule has 3 aromatic carbocycles. The summed E-state index contributed by atoms with van der Waals surface area (Å²) >= 11 is 0. The molecular weight excluding hydrogens is 384 g/mol. The number of non-ortho nitro benzene ring substituents is 1. The fourth-order valence-corrected chi connectivity index (χ4v) is 3.29. The molecule has 0 unspecified atom stereocenters. The van der Waals surface area contributed by atoms with E-state index in [4.69, 9.17) is 0 Å². The summed E-state index contributed by atoms with van der Waals surface area (Å²) in [5.74, 6) is -0.368. The standard InChI is InChI=1S/C22H16N4O4/c27-21(24-23-13-15-9-11-16(12-10-15)26(29)30)14-25-19-7-3-1-5-17(19)22(28)18-6-2-4-8-20(18)25/h1-13H,14H2,(H,24,27)/b23-13-. The third kappa shape index (κ3) is 3.66. The highest BCUT2D eigenvalue weighted by atomic mass is 16.6. The van der Waals surface area contributed by atoms with Gasteiger partial charge in [0, 0.05) is 22.9 Å². The van der Waals surface area contributed by atoms with Gasteiger partial charge in [0.1, 0.15) is 6.54 Å². The van der Waals surface area contributed by atoms with Gasteiger partial charge in [-0.05, 0) is 42.0 Å². The van der Waals surface area contributed by atoms with Gasteiger partial charge in [-0.15, -0.1) is 0 Å². The van der Waals surface area contributed by atoms with Crippen molar-refractivity contribution < 1.29 is 9.72 Å². The zero-order chi connectivity index (χ0) is 21.1. The molecule has 0 spiro atoms. The number of fused-ring (bicyclic) bond motifs is 2. The quantitative estimate of drug-likeness (QED) is 0.240. The van der Waals surface area contributed by atoms with Gasteiger partial charge < -0.3 is 4.57 Å². The van der Waals surface area contributed by atoms with Crippen LogP contribution in [-0.2, 0) is 11.3 Å². The van der Waals surface area contributed by atoms with Crippen molar-refractivity contribution >= 4 is 39.6 Å². The van der Waals surface area contributed by atoms with Crippen molar-refractivity contribution in [2.24, 2.45) is 5.10 Å². The lowest BCUT2D eigenvalue weighted by molar-refractivity contribution is -0.384. The van der Waals surface area contributed by atoms with E-state index in [1.54, 1.807) is 41.0 Å². The first-order valence-corrected chi connectivity index (χ1v) is 9.11. The highest BCUT2D eigenvalue weighted by Crippen LogP contribution is 2.19. The van der Waals surface area contributed by atoms with E-state index in [0.717, 1.165) is 0 Å². The highest BCUT2D eigenvalue weighted by Gasteiger charge is 2.12. The number of pyridine rings is 1. The molecule has 0 bridgehead atoms. The van der Waals surface area contributed by atoms with E-state index in [1.165, 1.54) is 30.5 Å². The van der Waals surface area contributed by atoms with Gasteiger partial charge in [0.15, 0.2) is 5.43 Å². The van der Waals surface area contributed by atoms with E-state index in [0.29, 0.717) is 27.4 Å². The number of hydrogen-bond donors (Lipinski definition) is 1. The van der Waals surface area contributed by atoms with Gasteiger partial charge in [0.25, 0.3) is 11.6 Å². The van der Waals surface area contributed by atoms with Gasteiger partial charge in [-0.3, -0.25) is 19.7 Å². The van der Waals surface area contributed by atoms with Gasteiger partial charge >= 0.3 is 0 Å². The molecule has 1 heterocycles. The number of para-hydroxylation sites is 2. The van der Waals surface area contributed by atoms with Crippen LogP contribution in [0.2, 0.25) is 0 Å². The molecule has 0 aliphatic carbocycles. The Kier molecular flexibility index (Phi) is 5.04. The second kappa shape index (κ2) is 7.96. The predicted octanol–water partition coefficient (Wildman–Crippen LogP) is 3.21. The Hall–Kier alpha value is -4.33. The molecule has 148 valence electrons. The average molecular weight is 400 g/mol. The van der Waals surface area contributed by atoms with Crippen molar-refractivity contribution in [3.05, 3.63) is 98.7 Å². The zero-order valence-corrected chi connectivity index (χ0v) is 15.7. The van der Waals surface area contributed by atoms with E-state index in [-0.39, 0.29) is 23.6 Å². The molecule has 0 atom stereocenters. The third-order valence-corrected chi connectivity index (χ3v) is 4.69. The molecule has 8 heteroatoms. The SMILES string of the molecule is O=C(Cn1c2ccccc2c(=O)c2ccccc21)N/N=C\c1ccc([N+](=O)[O-])cc1. The number of aromatic nitrogens is 1. The summed E-state index contributed by atoms with van der Waals surface area (Å²) in [5.41, 5.74) is 4.30. The highest BCUT2D eigenvalue weighted by molar-refractivity contribution is 5.95. The molecule has 1 aromatic heterocycles. The number of nitrogens with one attached hydrogen (secondary N) is 1. The van der Waals surface area contributed by atoms with Crippen LogP contribution in [0.1, 0.15) is 5.56 Å². The van der Waals surface area contributed by atoms with Crippen molar-refractivity contribution in [2.45, 2.75) is 6.54 Å². The number of rotatable bonds is 5. The van der Waals surface area contributed by atoms with E-state index < -0.39 is 4.92 Å². The summed E-state index contributed by atoms with van der Waals surface area (Å²) in [5, 5.41) is 15.7. The van der Waals surface area contributed by atoms with E-state index in [2.05, 4.69) is 10.5 Å². The number of carbonyl (C=O) groups is 1. The van der Waals surface area contributed by atoms with Gasteiger partial charge in [0.05, 0.1) is 22.2 Å². The summed E-state index contributed by atoms with van der Waals surface area (Å²) in [7, 11) is 0. The van der Waals surface area contributed by atoms with E-state index in [9.17, 15) is 19.7 Å². The fraction of sp³-hybridized carbons (Fsp3) is 0.0455. The van der Waals surface area contributed by atoms with Crippen LogP contribution in [0.3, 0.4) is 0 Å². The van der Waals surface area contributed by atoms with Crippen LogP contribution in [0.5, 0.6) is 0 Å². The van der Waals surface area contributed by atoms with Crippen molar-refractivity contribution in [3.63, 3.8) is 0 Å². The Morgan fingerprint density at radius 3 is 2.10 bits per heavy atom. The van der Waals surface area contributed by atoms with Gasteiger partial charge in [-0.1, -0.05) is 24.3 Å². The largest absolute Gasteiger partial charge is 0.331 e. The Morgan fingerprint density at radius 2 is 1.53 bits per heavy atom. The summed E-state index contributed by atoms with van der Waals surface area (Å²) in [6.07, 6.45) is 1.41. The minimum atomic E-state index is -0.484. The Balaban J connectivity index is 1.59. The molecule has 0 fully saturated rings. The first kappa shape index (κ1) is 19.0. The summed E-state index contributed by atoms with van der Waals surface area (Å²) < 4.78 is 1.78. The molecule has 8 nitrogen and oxygen atoms in total. The number of amides is 1. The Labute approximate surface area is 170 Å². The average Bonchev–Trinajstić information content (AvgIpc) is 2.77. The number of nitro groups is 1. The van der Waals surface area contributed by atoms with Crippen molar-refractivity contribution in [2.75, 3.05) is 0 Å². The predicted molar refractivity (Wildman–Crippen MR) is 115 cm³/mol. The van der Waals surface area contributed by atoms with Crippen molar-refractivity contribution in [3.8, 4) is 0 Å². The van der Waals surface area contributed by atoms with Crippen molar-refractivity contribution in [1.82, 2.24) is 9.99 Å². The molecule has 0 saturated heterocycles. The van der Waals surface area contributed by atoms with Gasteiger partial charge in [-0.25, -0.2) is 5.43 Å². The molecule has 0 aliphatic heterocycles. The van der Waals surface area contributed by atoms with Crippen LogP contribution < -0.4 is 10.9 Å². The number of hydrazone groups is 1. The monoisotopic (exact) mass is 400 g/mol. The third-order valence-electron chi connectivity index (χ3n) is 4.69. The first-order valence-electron chi connectivity index (χ1n) is 9.11. The molecule has 0 saturated carbocycles. The van der Waals surface area contributed by atoms with Gasteiger partial charge in [0.2, 0.25) is 0 Å². The number of nitrogens with zero attached hydrogens (tertiary/aromatic N) is 3. The molecule has 4 rings (SSSR count). The first-order chi connectivity index (χ1) is 14.5. The minimum Gasteiger partial charge on any atom is -0.331 e. The maximum absolute atomic E-state index is 12.7. The van der Waals surface area contributed by atoms with Crippen LogP contribution in [0.4, 0.5) is 5.69 Å². The minimum absolute atomic E-state index is 0.0202. The maximum atomic E-state index is 12.7. The van der Waals surface area contributed by atoms with E-state index in [1.807, 2.05) is 12.1 Å². The number of hydrogen-bond acceptors (Lipinski definition) is 5. The lowest BCUT2D eigenvalue weighted by Crippen LogP contribution is -2.25. The number of benzene rings is 3. The molecule has 0 radical (unpaired) electrons. The van der Waals surface area contributed by atoms with Crippen LogP contribution in [-0.4, -0.2) is 21.6 Å². The van der Waals surface area contributed by atoms with Crippen molar-refractivity contribution in [1.29, 1.82) is 0 Å². The van der Waals surface area contributed by atoms with Crippen LogP contribution in [0.15, 0.2) is 82.7 Å². The molecule has 0 aliphatic rings. The lowest BCUT2D eigenvalue weighted by Gasteiger charge is -2.14. The molecular formula is C22H16N4O4. The molecule has 1 amide bonds. The van der Waals surface area contributed by atoms with Crippen LogP contribution in [0, 0.1) is 10.1 Å². The molecule has 1 N–H and O–H groups in total. The molecule has 4 aromatic rings. The van der Waals surface area contributed by atoms with E-state index >= 15 is 0 Å². The summed E-state index contributed by atoms with van der Waals surface area (Å²) in [6, 6.07) is 20.1. The second-order valence-electron chi connectivity index (χ2n) is 6.59. The zero-order valence-electron chi connectivity index (χ0n) is 15.7. The summed E-state index contributed by atoms with van der Waals surface area (Å²) in [6.45, 7) is -0.0289. The Bertz CT molecular complexity index is 1300. The molecule has 30 heavy (non-hydrogen) atoms. The van der Waals surface area contributed by atoms with Crippen LogP contribution >= 0.6 is 0 Å². The second-order valence-corrected chi connectivity index (χ2v) is 6.59. The van der Waals surface area contributed by atoms with Crippen LogP contribution in [0.25, 0.3) is 21.8 Å². The normalized spacial score (nSPS) is 11.2. The fourth-order valence-electron chi connectivity index (χ4n) is 3.29. The van der Waals surface area contributed by atoms with Gasteiger partial charge in [-0.2, -0.15) is 5.10 Å². The summed E-state index contributed by atoms with van der Waals surface area (Å²) in [4.78, 5) is 35.5. The lowest BCUT2D eigenvalue weighted by atomic mass is 10.1. The number of carbonyl (C=O) groups excluding carboxylic acids is 1. The Morgan fingerprint density at radius 1 is 0.967 bits per heavy atom. The topological polar surface area (TPSA) is 107 Å². The smallest absolute Gasteiger partial charge is 0.269 e. The number of nitro benzene ring substituents is 1.